The molecule has 3 heteroatoms. The van der Waals surface area contributed by atoms with Gasteiger partial charge in [-0.05, 0) is 44.6 Å². The third kappa shape index (κ3) is 3.01. The van der Waals surface area contributed by atoms with Crippen LogP contribution in [0.4, 0.5) is 0 Å². The molecule has 0 aromatic carbocycles. The second-order valence-corrected chi connectivity index (χ2v) is 5.65. The Kier molecular flexibility index (Phi) is 4.43. The van der Waals surface area contributed by atoms with E-state index in [-0.39, 0.29) is 5.92 Å². The molecule has 0 bridgehead atoms. The van der Waals surface area contributed by atoms with Crippen molar-refractivity contribution in [1.82, 2.24) is 4.90 Å². The van der Waals surface area contributed by atoms with E-state index in [1.54, 1.807) is 0 Å². The summed E-state index contributed by atoms with van der Waals surface area (Å²) in [6.07, 6.45) is 8.15. The van der Waals surface area contributed by atoms with Crippen LogP contribution >= 0.6 is 0 Å². The van der Waals surface area contributed by atoms with Gasteiger partial charge in [0.15, 0.2) is 0 Å². The summed E-state index contributed by atoms with van der Waals surface area (Å²) in [6.45, 7) is 3.84. The molecule has 3 nitrogen and oxygen atoms in total. The fourth-order valence-corrected chi connectivity index (χ4v) is 3.04. The summed E-state index contributed by atoms with van der Waals surface area (Å²) in [5.74, 6) is 1.09. The first-order valence-electron chi connectivity index (χ1n) is 7.28. The van der Waals surface area contributed by atoms with Crippen molar-refractivity contribution in [2.75, 3.05) is 13.1 Å². The lowest BCUT2D eigenvalue weighted by Gasteiger charge is -2.28. The Morgan fingerprint density at radius 1 is 1.29 bits per heavy atom. The van der Waals surface area contributed by atoms with E-state index in [9.17, 15) is 4.79 Å². The molecule has 2 aliphatic rings. The van der Waals surface area contributed by atoms with Crippen molar-refractivity contribution >= 4 is 5.91 Å². The van der Waals surface area contributed by atoms with Gasteiger partial charge in [-0.3, -0.25) is 4.79 Å². The molecule has 98 valence electrons. The molecular weight excluding hydrogens is 212 g/mol. The molecule has 0 aromatic rings. The Bertz CT molecular complexity index is 263. The van der Waals surface area contributed by atoms with Crippen LogP contribution in [0.15, 0.2) is 0 Å². The molecule has 2 N–H and O–H groups in total. The maximum Gasteiger partial charge on any atom is 0.226 e. The first kappa shape index (κ1) is 12.9. The van der Waals surface area contributed by atoms with Crippen molar-refractivity contribution in [3.05, 3.63) is 0 Å². The summed E-state index contributed by atoms with van der Waals surface area (Å²) in [5.41, 5.74) is 5.78. The summed E-state index contributed by atoms with van der Waals surface area (Å²) in [7, 11) is 0. The Hall–Kier alpha value is -0.570. The molecule has 2 aliphatic carbocycles. The van der Waals surface area contributed by atoms with Crippen LogP contribution < -0.4 is 5.73 Å². The third-order valence-electron chi connectivity index (χ3n) is 4.30. The molecule has 0 saturated heterocycles. The molecule has 2 fully saturated rings. The first-order chi connectivity index (χ1) is 8.27. The zero-order valence-electron chi connectivity index (χ0n) is 11.0. The van der Waals surface area contributed by atoms with Crippen LogP contribution in [0, 0.1) is 11.8 Å². The Morgan fingerprint density at radius 2 is 2.06 bits per heavy atom. The number of carbonyl (C=O) groups excluding carboxylic acids is 1. The van der Waals surface area contributed by atoms with Gasteiger partial charge in [-0.15, -0.1) is 0 Å². The summed E-state index contributed by atoms with van der Waals surface area (Å²) in [5, 5.41) is 0. The molecule has 2 rings (SSSR count). The Labute approximate surface area is 105 Å². The van der Waals surface area contributed by atoms with Gasteiger partial charge in [0.1, 0.15) is 0 Å². The smallest absolute Gasteiger partial charge is 0.226 e. The molecule has 0 aromatic heterocycles. The monoisotopic (exact) mass is 238 g/mol. The SMILES string of the molecule is CCCCN(C(=O)C1CCCC1CN)C1CC1. The van der Waals surface area contributed by atoms with Gasteiger partial charge in [0.05, 0.1) is 0 Å². The number of nitrogens with two attached hydrogens (primary N) is 1. The number of carbonyl (C=O) groups is 1. The lowest BCUT2D eigenvalue weighted by atomic mass is 9.94. The number of hydrogen-bond acceptors (Lipinski definition) is 2. The van der Waals surface area contributed by atoms with E-state index in [2.05, 4.69) is 11.8 Å². The first-order valence-corrected chi connectivity index (χ1v) is 7.28. The van der Waals surface area contributed by atoms with Gasteiger partial charge in [0.25, 0.3) is 0 Å². The van der Waals surface area contributed by atoms with Crippen LogP contribution in [0.1, 0.15) is 51.9 Å². The topological polar surface area (TPSA) is 46.3 Å². The molecule has 2 unspecified atom stereocenters. The van der Waals surface area contributed by atoms with E-state index < -0.39 is 0 Å². The molecule has 2 atom stereocenters. The third-order valence-corrected chi connectivity index (χ3v) is 4.30. The summed E-state index contributed by atoms with van der Waals surface area (Å²) >= 11 is 0. The lowest BCUT2D eigenvalue weighted by molar-refractivity contribution is -0.137. The molecule has 0 heterocycles. The minimum Gasteiger partial charge on any atom is -0.339 e. The summed E-state index contributed by atoms with van der Waals surface area (Å²) < 4.78 is 0. The number of amides is 1. The van der Waals surface area contributed by atoms with Gasteiger partial charge in [0, 0.05) is 18.5 Å². The highest BCUT2D eigenvalue weighted by molar-refractivity contribution is 5.80. The Balaban J connectivity index is 1.95. The largest absolute Gasteiger partial charge is 0.339 e. The maximum absolute atomic E-state index is 12.6. The Morgan fingerprint density at radius 3 is 2.65 bits per heavy atom. The van der Waals surface area contributed by atoms with Crippen LogP contribution in [0.5, 0.6) is 0 Å². The van der Waals surface area contributed by atoms with Gasteiger partial charge in [-0.1, -0.05) is 19.8 Å². The molecule has 0 aliphatic heterocycles. The van der Waals surface area contributed by atoms with Crippen LogP contribution in [-0.4, -0.2) is 29.9 Å². The predicted molar refractivity (Wildman–Crippen MR) is 69.5 cm³/mol. The second-order valence-electron chi connectivity index (χ2n) is 5.65. The predicted octanol–water partition coefficient (Wildman–Crippen LogP) is 2.15. The van der Waals surface area contributed by atoms with Crippen molar-refractivity contribution in [2.24, 2.45) is 17.6 Å². The summed E-state index contributed by atoms with van der Waals surface area (Å²) in [4.78, 5) is 14.7. The number of nitrogens with zero attached hydrogens (tertiary/aromatic N) is 1. The zero-order chi connectivity index (χ0) is 12.3. The van der Waals surface area contributed by atoms with Crippen molar-refractivity contribution in [3.63, 3.8) is 0 Å². The van der Waals surface area contributed by atoms with E-state index in [1.165, 1.54) is 25.7 Å². The number of unbranched alkanes of at least 4 members (excludes halogenated alkanes) is 1. The lowest BCUT2D eigenvalue weighted by Crippen LogP contribution is -2.41. The fraction of sp³-hybridized carbons (Fsp3) is 0.929. The second kappa shape index (κ2) is 5.85. The summed E-state index contributed by atoms with van der Waals surface area (Å²) in [6, 6.07) is 0.563. The molecular formula is C14H26N2O. The van der Waals surface area contributed by atoms with Crippen molar-refractivity contribution < 1.29 is 4.79 Å². The number of rotatable bonds is 6. The van der Waals surface area contributed by atoms with E-state index in [0.29, 0.717) is 24.4 Å². The van der Waals surface area contributed by atoms with Crippen molar-refractivity contribution in [3.8, 4) is 0 Å². The van der Waals surface area contributed by atoms with Crippen molar-refractivity contribution in [2.45, 2.75) is 57.9 Å². The number of hydrogen-bond donors (Lipinski definition) is 1. The van der Waals surface area contributed by atoms with Gasteiger partial charge >= 0.3 is 0 Å². The average molecular weight is 238 g/mol. The van der Waals surface area contributed by atoms with E-state index in [1.807, 2.05) is 0 Å². The van der Waals surface area contributed by atoms with Crippen molar-refractivity contribution in [1.29, 1.82) is 0 Å². The van der Waals surface area contributed by atoms with E-state index >= 15 is 0 Å². The molecule has 0 radical (unpaired) electrons. The van der Waals surface area contributed by atoms with Crippen LogP contribution in [-0.2, 0) is 4.79 Å². The molecule has 17 heavy (non-hydrogen) atoms. The highest BCUT2D eigenvalue weighted by Crippen LogP contribution is 2.36. The maximum atomic E-state index is 12.6. The average Bonchev–Trinajstić information content (AvgIpc) is 3.06. The highest BCUT2D eigenvalue weighted by atomic mass is 16.2. The molecule has 2 saturated carbocycles. The van der Waals surface area contributed by atoms with Crippen LogP contribution in [0.3, 0.4) is 0 Å². The molecule has 0 spiro atoms. The quantitative estimate of drug-likeness (QED) is 0.770. The van der Waals surface area contributed by atoms with Gasteiger partial charge in [0.2, 0.25) is 5.91 Å². The normalized spacial score (nSPS) is 28.4. The minimum absolute atomic E-state index is 0.234. The van der Waals surface area contributed by atoms with E-state index in [0.717, 1.165) is 25.8 Å². The molecule has 1 amide bonds. The van der Waals surface area contributed by atoms with E-state index in [4.69, 9.17) is 5.73 Å². The standard InChI is InChI=1S/C14H26N2O/c1-2-3-9-16(12-7-8-12)14(17)13-6-4-5-11(13)10-15/h11-13H,2-10,15H2,1H3. The minimum atomic E-state index is 0.234. The van der Waals surface area contributed by atoms with Crippen LogP contribution in [0.25, 0.3) is 0 Å². The fourth-order valence-electron chi connectivity index (χ4n) is 3.04. The van der Waals surface area contributed by atoms with Gasteiger partial charge in [-0.25, -0.2) is 0 Å². The van der Waals surface area contributed by atoms with Gasteiger partial charge in [-0.2, -0.15) is 0 Å². The van der Waals surface area contributed by atoms with Crippen LogP contribution in [0.2, 0.25) is 0 Å². The highest BCUT2D eigenvalue weighted by Gasteiger charge is 2.39. The van der Waals surface area contributed by atoms with Gasteiger partial charge < -0.3 is 10.6 Å². The zero-order valence-corrected chi connectivity index (χ0v) is 11.0.